The van der Waals surface area contributed by atoms with Crippen molar-refractivity contribution in [3.8, 4) is 0 Å². The van der Waals surface area contributed by atoms with E-state index in [1.54, 1.807) is 0 Å². The van der Waals surface area contributed by atoms with E-state index in [4.69, 9.17) is 0 Å². The highest BCUT2D eigenvalue weighted by atomic mass is 16.3. The van der Waals surface area contributed by atoms with Gasteiger partial charge in [0.25, 0.3) is 0 Å². The molecule has 0 aliphatic carbocycles. The van der Waals surface area contributed by atoms with Crippen LogP contribution < -0.4 is 10.2 Å². The van der Waals surface area contributed by atoms with Crippen LogP contribution in [0.25, 0.3) is 0 Å². The first-order valence-electron chi connectivity index (χ1n) is 7.96. The van der Waals surface area contributed by atoms with Crippen molar-refractivity contribution in [2.24, 2.45) is 0 Å². The molecule has 20 heavy (non-hydrogen) atoms. The van der Waals surface area contributed by atoms with Crippen molar-refractivity contribution in [3.63, 3.8) is 0 Å². The lowest BCUT2D eigenvalue weighted by Gasteiger charge is -2.27. The van der Waals surface area contributed by atoms with Crippen LogP contribution >= 0.6 is 0 Å². The van der Waals surface area contributed by atoms with Crippen LogP contribution in [0, 0.1) is 0 Å². The van der Waals surface area contributed by atoms with Crippen LogP contribution in [0.5, 0.6) is 0 Å². The number of hydrogen-bond donors (Lipinski definition) is 2. The lowest BCUT2D eigenvalue weighted by atomic mass is 10.2. The van der Waals surface area contributed by atoms with Crippen molar-refractivity contribution >= 4 is 5.69 Å². The van der Waals surface area contributed by atoms with Gasteiger partial charge in [0.1, 0.15) is 0 Å². The molecule has 2 N–H and O–H groups in total. The average molecular weight is 278 g/mol. The van der Waals surface area contributed by atoms with Gasteiger partial charge in [-0.05, 0) is 31.5 Å². The van der Waals surface area contributed by atoms with E-state index in [0.29, 0.717) is 13.1 Å². The third-order valence-corrected chi connectivity index (χ3v) is 3.42. The van der Waals surface area contributed by atoms with Crippen LogP contribution in [0.4, 0.5) is 5.69 Å². The van der Waals surface area contributed by atoms with E-state index >= 15 is 0 Å². The molecule has 1 unspecified atom stereocenters. The molecule has 0 amide bonds. The number of anilines is 1. The Morgan fingerprint density at radius 1 is 1.10 bits per heavy atom. The summed E-state index contributed by atoms with van der Waals surface area (Å²) in [7, 11) is 0. The van der Waals surface area contributed by atoms with E-state index in [0.717, 1.165) is 19.5 Å². The fourth-order valence-electron chi connectivity index (χ4n) is 2.20. The molecule has 0 saturated carbocycles. The fourth-order valence-corrected chi connectivity index (χ4v) is 2.20. The molecule has 0 aliphatic rings. The Kier molecular flexibility index (Phi) is 9.09. The van der Waals surface area contributed by atoms with Crippen molar-refractivity contribution in [3.05, 3.63) is 30.3 Å². The van der Waals surface area contributed by atoms with Crippen molar-refractivity contribution in [1.29, 1.82) is 0 Å². The Bertz CT molecular complexity index is 329. The van der Waals surface area contributed by atoms with Gasteiger partial charge in [-0.2, -0.15) is 0 Å². The number of hydrogen-bond acceptors (Lipinski definition) is 3. The van der Waals surface area contributed by atoms with E-state index in [1.807, 2.05) is 6.07 Å². The first-order chi connectivity index (χ1) is 9.77. The SMILES string of the molecule is CCCCNCC(O)CN(CCCC)c1ccccc1. The lowest BCUT2D eigenvalue weighted by Crippen LogP contribution is -2.39. The minimum Gasteiger partial charge on any atom is -0.390 e. The summed E-state index contributed by atoms with van der Waals surface area (Å²) in [4.78, 5) is 2.29. The second-order valence-corrected chi connectivity index (χ2v) is 5.35. The molecule has 1 atom stereocenters. The molecule has 0 bridgehead atoms. The highest BCUT2D eigenvalue weighted by Gasteiger charge is 2.11. The van der Waals surface area contributed by atoms with Crippen LogP contribution in [0.2, 0.25) is 0 Å². The monoisotopic (exact) mass is 278 g/mol. The molecule has 3 heteroatoms. The summed E-state index contributed by atoms with van der Waals surface area (Å²) in [5.41, 5.74) is 1.20. The molecule has 0 aromatic heterocycles. The van der Waals surface area contributed by atoms with Gasteiger partial charge in [-0.25, -0.2) is 0 Å². The zero-order chi connectivity index (χ0) is 14.6. The Morgan fingerprint density at radius 3 is 2.45 bits per heavy atom. The molecule has 0 saturated heterocycles. The minimum absolute atomic E-state index is 0.316. The fraction of sp³-hybridized carbons (Fsp3) is 0.647. The van der Waals surface area contributed by atoms with E-state index in [2.05, 4.69) is 48.3 Å². The highest BCUT2D eigenvalue weighted by molar-refractivity contribution is 5.46. The van der Waals surface area contributed by atoms with E-state index in [9.17, 15) is 5.11 Å². The Labute approximate surface area is 124 Å². The largest absolute Gasteiger partial charge is 0.390 e. The number of benzene rings is 1. The summed E-state index contributed by atoms with van der Waals surface area (Å²) in [5.74, 6) is 0. The van der Waals surface area contributed by atoms with Gasteiger partial charge in [0.2, 0.25) is 0 Å². The van der Waals surface area contributed by atoms with Gasteiger partial charge >= 0.3 is 0 Å². The van der Waals surface area contributed by atoms with Gasteiger partial charge in [-0.1, -0.05) is 44.9 Å². The lowest BCUT2D eigenvalue weighted by molar-refractivity contribution is 0.176. The first kappa shape index (κ1) is 17.0. The normalized spacial score (nSPS) is 12.3. The second-order valence-electron chi connectivity index (χ2n) is 5.35. The van der Waals surface area contributed by atoms with Crippen LogP contribution in [0.1, 0.15) is 39.5 Å². The highest BCUT2D eigenvalue weighted by Crippen LogP contribution is 2.14. The maximum atomic E-state index is 10.2. The van der Waals surface area contributed by atoms with Gasteiger partial charge in [0.05, 0.1) is 6.10 Å². The van der Waals surface area contributed by atoms with Crippen LogP contribution in [-0.4, -0.2) is 37.4 Å². The summed E-state index contributed by atoms with van der Waals surface area (Å²) < 4.78 is 0. The van der Waals surface area contributed by atoms with E-state index in [1.165, 1.54) is 24.9 Å². The molecule has 0 fully saturated rings. The van der Waals surface area contributed by atoms with Gasteiger partial charge in [0.15, 0.2) is 0 Å². The molecular weight excluding hydrogens is 248 g/mol. The van der Waals surface area contributed by atoms with E-state index < -0.39 is 0 Å². The number of aliphatic hydroxyl groups excluding tert-OH is 1. The first-order valence-corrected chi connectivity index (χ1v) is 7.96. The molecule has 1 aromatic rings. The van der Waals surface area contributed by atoms with Crippen molar-refractivity contribution < 1.29 is 5.11 Å². The van der Waals surface area contributed by atoms with Crippen LogP contribution in [0.3, 0.4) is 0 Å². The number of aliphatic hydroxyl groups is 1. The molecule has 1 rings (SSSR count). The number of nitrogens with one attached hydrogen (secondary N) is 1. The standard InChI is InChI=1S/C17H30N2O/c1-3-5-12-18-14-17(20)15-19(13-6-4-2)16-10-8-7-9-11-16/h7-11,17-18,20H,3-6,12-15H2,1-2H3. The zero-order valence-corrected chi connectivity index (χ0v) is 13.0. The number of unbranched alkanes of at least 4 members (excludes halogenated alkanes) is 2. The zero-order valence-electron chi connectivity index (χ0n) is 13.0. The summed E-state index contributed by atoms with van der Waals surface area (Å²) in [6, 6.07) is 10.4. The molecule has 1 aromatic carbocycles. The van der Waals surface area contributed by atoms with Crippen LogP contribution in [0.15, 0.2) is 30.3 Å². The third-order valence-electron chi connectivity index (χ3n) is 3.42. The molecular formula is C17H30N2O. The molecule has 0 heterocycles. The average Bonchev–Trinajstić information content (AvgIpc) is 2.49. The summed E-state index contributed by atoms with van der Waals surface area (Å²) in [6.45, 7) is 7.75. The summed E-state index contributed by atoms with van der Waals surface area (Å²) in [5, 5.41) is 13.5. The molecule has 3 nitrogen and oxygen atoms in total. The van der Waals surface area contributed by atoms with Gasteiger partial charge < -0.3 is 15.3 Å². The van der Waals surface area contributed by atoms with Gasteiger partial charge in [0, 0.05) is 25.3 Å². The molecule has 0 spiro atoms. The van der Waals surface area contributed by atoms with Gasteiger partial charge in [-0.15, -0.1) is 0 Å². The minimum atomic E-state index is -0.316. The molecule has 0 radical (unpaired) electrons. The Hall–Kier alpha value is -1.06. The predicted octanol–water partition coefficient (Wildman–Crippen LogP) is 3.04. The van der Waals surface area contributed by atoms with Gasteiger partial charge in [-0.3, -0.25) is 0 Å². The predicted molar refractivity (Wildman–Crippen MR) is 87.3 cm³/mol. The van der Waals surface area contributed by atoms with Crippen molar-refractivity contribution in [2.75, 3.05) is 31.1 Å². The Balaban J connectivity index is 2.43. The van der Waals surface area contributed by atoms with Crippen molar-refractivity contribution in [1.82, 2.24) is 5.32 Å². The topological polar surface area (TPSA) is 35.5 Å². The smallest absolute Gasteiger partial charge is 0.0839 e. The number of rotatable bonds is 11. The third kappa shape index (κ3) is 6.92. The van der Waals surface area contributed by atoms with Crippen molar-refractivity contribution in [2.45, 2.75) is 45.6 Å². The Morgan fingerprint density at radius 2 is 1.80 bits per heavy atom. The maximum absolute atomic E-state index is 10.2. The summed E-state index contributed by atoms with van der Waals surface area (Å²) >= 11 is 0. The van der Waals surface area contributed by atoms with Crippen LogP contribution in [-0.2, 0) is 0 Å². The molecule has 114 valence electrons. The molecule has 0 aliphatic heterocycles. The van der Waals surface area contributed by atoms with E-state index in [-0.39, 0.29) is 6.10 Å². The maximum Gasteiger partial charge on any atom is 0.0839 e. The summed E-state index contributed by atoms with van der Waals surface area (Å²) in [6.07, 6.45) is 4.38. The number of nitrogens with zero attached hydrogens (tertiary/aromatic N) is 1. The number of para-hydroxylation sites is 1. The second kappa shape index (κ2) is 10.7. The quantitative estimate of drug-likeness (QED) is 0.611.